The first kappa shape index (κ1) is 13.4. The summed E-state index contributed by atoms with van der Waals surface area (Å²) in [4.78, 5) is 6.07. The van der Waals surface area contributed by atoms with Gasteiger partial charge in [0.05, 0.1) is 5.69 Å². The zero-order valence-corrected chi connectivity index (χ0v) is 12.4. The van der Waals surface area contributed by atoms with Crippen LogP contribution in [0.1, 0.15) is 47.7 Å². The van der Waals surface area contributed by atoms with Crippen LogP contribution >= 0.6 is 23.1 Å². The van der Waals surface area contributed by atoms with E-state index in [0.29, 0.717) is 0 Å². The maximum Gasteiger partial charge on any atom is 0.103 e. The molecule has 0 aromatic carbocycles. The second-order valence-corrected chi connectivity index (χ2v) is 7.17. The van der Waals surface area contributed by atoms with Gasteiger partial charge in [0.15, 0.2) is 0 Å². The van der Waals surface area contributed by atoms with Gasteiger partial charge >= 0.3 is 0 Å². The van der Waals surface area contributed by atoms with Gasteiger partial charge in [-0.1, -0.05) is 19.3 Å². The molecule has 4 heteroatoms. The van der Waals surface area contributed by atoms with E-state index in [1.807, 2.05) is 18.4 Å². The van der Waals surface area contributed by atoms with E-state index in [9.17, 15) is 0 Å². The van der Waals surface area contributed by atoms with Gasteiger partial charge in [0, 0.05) is 22.4 Å². The van der Waals surface area contributed by atoms with Gasteiger partial charge in [0.25, 0.3) is 0 Å². The maximum atomic E-state index is 4.67. The molecule has 2 rings (SSSR count). The van der Waals surface area contributed by atoms with Crippen molar-refractivity contribution in [1.82, 2.24) is 10.3 Å². The third-order valence-corrected chi connectivity index (χ3v) is 5.99. The first-order chi connectivity index (χ1) is 8.29. The monoisotopic (exact) mass is 270 g/mol. The highest BCUT2D eigenvalue weighted by atomic mass is 32.2. The summed E-state index contributed by atoms with van der Waals surface area (Å²) >= 11 is 4.00. The molecule has 1 fully saturated rings. The average molecular weight is 270 g/mol. The van der Waals surface area contributed by atoms with Crippen LogP contribution in [0.3, 0.4) is 0 Å². The first-order valence-corrected chi connectivity index (χ1v) is 8.37. The fourth-order valence-corrected chi connectivity index (χ4v) is 4.72. The van der Waals surface area contributed by atoms with Gasteiger partial charge in [-0.05, 0) is 26.8 Å². The van der Waals surface area contributed by atoms with E-state index >= 15 is 0 Å². The molecule has 0 atom stereocenters. The van der Waals surface area contributed by atoms with E-state index in [-0.39, 0.29) is 0 Å². The number of nitrogens with zero attached hydrogens (tertiary/aromatic N) is 1. The topological polar surface area (TPSA) is 24.9 Å². The van der Waals surface area contributed by atoms with E-state index in [4.69, 9.17) is 0 Å². The van der Waals surface area contributed by atoms with Gasteiger partial charge in [-0.3, -0.25) is 0 Å². The fourth-order valence-electron chi connectivity index (χ4n) is 2.30. The van der Waals surface area contributed by atoms with Crippen LogP contribution in [0, 0.1) is 6.92 Å². The minimum atomic E-state index is 0.890. The van der Waals surface area contributed by atoms with Gasteiger partial charge in [0.1, 0.15) is 5.01 Å². The molecule has 0 amide bonds. The van der Waals surface area contributed by atoms with Crippen molar-refractivity contribution in [2.24, 2.45) is 0 Å². The molecule has 0 unspecified atom stereocenters. The van der Waals surface area contributed by atoms with Crippen molar-refractivity contribution in [3.8, 4) is 0 Å². The Kier molecular flexibility index (Phi) is 5.32. The summed E-state index contributed by atoms with van der Waals surface area (Å²) < 4.78 is 0. The molecule has 0 bridgehead atoms. The Morgan fingerprint density at radius 2 is 2.12 bits per heavy atom. The third kappa shape index (κ3) is 3.97. The lowest BCUT2D eigenvalue weighted by molar-refractivity contribution is 0.516. The molecular formula is C13H22N2S2. The van der Waals surface area contributed by atoms with Gasteiger partial charge in [0.2, 0.25) is 0 Å². The van der Waals surface area contributed by atoms with Crippen LogP contribution < -0.4 is 5.32 Å². The molecule has 17 heavy (non-hydrogen) atoms. The largest absolute Gasteiger partial charge is 0.315 e. The third-order valence-electron chi connectivity index (χ3n) is 3.27. The smallest absolute Gasteiger partial charge is 0.103 e. The summed E-state index contributed by atoms with van der Waals surface area (Å²) in [6, 6.07) is 0. The molecule has 96 valence electrons. The molecule has 1 aliphatic rings. The van der Waals surface area contributed by atoms with E-state index in [0.717, 1.165) is 17.5 Å². The Morgan fingerprint density at radius 3 is 2.82 bits per heavy atom. The molecule has 0 aliphatic heterocycles. The highest BCUT2D eigenvalue weighted by Crippen LogP contribution is 2.31. The summed E-state index contributed by atoms with van der Waals surface area (Å²) in [5.74, 6) is 1.11. The second kappa shape index (κ2) is 6.76. The molecule has 1 heterocycles. The Morgan fingerprint density at radius 1 is 1.35 bits per heavy atom. The number of rotatable bonds is 5. The minimum absolute atomic E-state index is 0.890. The van der Waals surface area contributed by atoms with Crippen molar-refractivity contribution in [2.75, 3.05) is 7.05 Å². The number of aromatic nitrogens is 1. The van der Waals surface area contributed by atoms with Gasteiger partial charge in [-0.25, -0.2) is 4.98 Å². The van der Waals surface area contributed by atoms with Crippen LogP contribution in [0.2, 0.25) is 0 Å². The van der Waals surface area contributed by atoms with Crippen molar-refractivity contribution in [2.45, 2.75) is 56.6 Å². The van der Waals surface area contributed by atoms with Crippen LogP contribution in [0.4, 0.5) is 0 Å². The van der Waals surface area contributed by atoms with Gasteiger partial charge in [-0.2, -0.15) is 11.8 Å². The van der Waals surface area contributed by atoms with Crippen LogP contribution in [0.5, 0.6) is 0 Å². The lowest BCUT2D eigenvalue weighted by atomic mass is 10.0. The molecule has 0 radical (unpaired) electrons. The van der Waals surface area contributed by atoms with Crippen LogP contribution in [0.25, 0.3) is 0 Å². The molecule has 1 N–H and O–H groups in total. The molecule has 1 aromatic heterocycles. The summed E-state index contributed by atoms with van der Waals surface area (Å²) in [5.41, 5.74) is 1.21. The quantitative estimate of drug-likeness (QED) is 0.882. The van der Waals surface area contributed by atoms with Crippen molar-refractivity contribution >= 4 is 23.1 Å². The predicted octanol–water partition coefficient (Wildman–Crippen LogP) is 3.74. The lowest BCUT2D eigenvalue weighted by Gasteiger charge is -2.20. The molecule has 2 nitrogen and oxygen atoms in total. The van der Waals surface area contributed by atoms with E-state index < -0.39 is 0 Å². The zero-order chi connectivity index (χ0) is 12.1. The number of hydrogen-bond donors (Lipinski definition) is 1. The molecular weight excluding hydrogens is 248 g/mol. The van der Waals surface area contributed by atoms with E-state index in [1.165, 1.54) is 47.7 Å². The summed E-state index contributed by atoms with van der Waals surface area (Å²) in [6.07, 6.45) is 7.13. The zero-order valence-electron chi connectivity index (χ0n) is 10.8. The van der Waals surface area contributed by atoms with Crippen molar-refractivity contribution in [3.05, 3.63) is 15.6 Å². The molecule has 1 aliphatic carbocycles. The summed E-state index contributed by atoms with van der Waals surface area (Å²) in [7, 11) is 2.00. The van der Waals surface area contributed by atoms with Crippen LogP contribution in [-0.2, 0) is 12.3 Å². The van der Waals surface area contributed by atoms with E-state index in [2.05, 4.69) is 29.0 Å². The van der Waals surface area contributed by atoms with Gasteiger partial charge in [-0.15, -0.1) is 11.3 Å². The Hall–Kier alpha value is -0.0600. The Balaban J connectivity index is 1.83. The molecule has 0 spiro atoms. The van der Waals surface area contributed by atoms with E-state index in [1.54, 1.807) is 0 Å². The predicted molar refractivity (Wildman–Crippen MR) is 77.8 cm³/mol. The minimum Gasteiger partial charge on any atom is -0.315 e. The highest BCUT2D eigenvalue weighted by Gasteiger charge is 2.15. The fraction of sp³-hybridized carbons (Fsp3) is 0.769. The average Bonchev–Trinajstić information content (AvgIpc) is 2.70. The Labute approximate surface area is 113 Å². The van der Waals surface area contributed by atoms with Crippen LogP contribution in [0.15, 0.2) is 0 Å². The maximum absolute atomic E-state index is 4.67. The SMILES string of the molecule is CNCc1sc(CSC2CCCCC2)nc1C. The lowest BCUT2D eigenvalue weighted by Crippen LogP contribution is -2.08. The number of nitrogens with one attached hydrogen (secondary N) is 1. The summed E-state index contributed by atoms with van der Waals surface area (Å²) in [6.45, 7) is 3.08. The van der Waals surface area contributed by atoms with Crippen molar-refractivity contribution < 1.29 is 0 Å². The van der Waals surface area contributed by atoms with Crippen molar-refractivity contribution in [1.29, 1.82) is 0 Å². The molecule has 1 saturated carbocycles. The Bertz CT molecular complexity index is 343. The molecule has 0 saturated heterocycles. The first-order valence-electron chi connectivity index (χ1n) is 6.51. The standard InChI is InChI=1S/C13H22N2S2/c1-10-12(8-14-2)17-13(15-10)9-16-11-6-4-3-5-7-11/h11,14H,3-9H2,1-2H3. The number of thioether (sulfide) groups is 1. The van der Waals surface area contributed by atoms with Gasteiger partial charge < -0.3 is 5.32 Å². The summed E-state index contributed by atoms with van der Waals surface area (Å²) in [5, 5.41) is 5.41. The van der Waals surface area contributed by atoms with Crippen LogP contribution in [-0.4, -0.2) is 17.3 Å². The van der Waals surface area contributed by atoms with Crippen molar-refractivity contribution in [3.63, 3.8) is 0 Å². The number of hydrogen-bond acceptors (Lipinski definition) is 4. The normalized spacial score (nSPS) is 17.5. The number of aryl methyl sites for hydroxylation is 1. The number of thiazole rings is 1. The highest BCUT2D eigenvalue weighted by molar-refractivity contribution is 7.99. The second-order valence-electron chi connectivity index (χ2n) is 4.72. The molecule has 1 aromatic rings.